The summed E-state index contributed by atoms with van der Waals surface area (Å²) in [5.41, 5.74) is 0. The van der Waals surface area contributed by atoms with E-state index in [9.17, 15) is 50.0 Å². The maximum Gasteiger partial charge on any atom is 0.474 e. The van der Waals surface area contributed by atoms with Crippen LogP contribution in [0, 0.1) is 0 Å². The van der Waals surface area contributed by atoms with Crippen molar-refractivity contribution in [1.82, 2.24) is 5.32 Å². The normalized spacial score (nSPS) is 44.3. The molecule has 2 fully saturated rings. The van der Waals surface area contributed by atoms with Gasteiger partial charge in [0.2, 0.25) is 5.91 Å². The molecule has 0 aromatic rings. The van der Waals surface area contributed by atoms with Gasteiger partial charge in [-0.15, -0.1) is 0 Å². The minimum absolute atomic E-state index is 0.695. The van der Waals surface area contributed by atoms with E-state index >= 15 is 0 Å². The Kier molecular flexibility index (Phi) is 8.68. The predicted octanol–water partition coefficient (Wildman–Crippen LogP) is -5.14. The maximum atomic E-state index is 12.3. The number of nitrogens with one attached hydrogen (secondary N) is 1. The lowest BCUT2D eigenvalue weighted by Crippen LogP contribution is -2.64. The van der Waals surface area contributed by atoms with Crippen molar-refractivity contribution in [3.8, 4) is 0 Å². The largest absolute Gasteiger partial charge is 0.474 e. The molecule has 0 spiro atoms. The zero-order valence-corrected chi connectivity index (χ0v) is 16.6. The highest BCUT2D eigenvalue weighted by Crippen LogP contribution is 2.47. The van der Waals surface area contributed by atoms with Crippen LogP contribution in [0.2, 0.25) is 0 Å². The van der Waals surface area contributed by atoms with E-state index < -0.39 is 88.3 Å². The van der Waals surface area contributed by atoms with E-state index in [1.807, 2.05) is 0 Å². The summed E-state index contributed by atoms with van der Waals surface area (Å²) in [5, 5.41) is 69.7. The van der Waals surface area contributed by atoms with Gasteiger partial charge < -0.3 is 55.4 Å². The second kappa shape index (κ2) is 10.2. The molecule has 2 aliphatic heterocycles. The van der Waals surface area contributed by atoms with E-state index in [4.69, 9.17) is 14.0 Å². The number of phosphoric ester groups is 1. The number of amides is 1. The van der Waals surface area contributed by atoms with E-state index in [1.54, 1.807) is 0 Å². The zero-order chi connectivity index (χ0) is 22.8. The van der Waals surface area contributed by atoms with Crippen LogP contribution in [0.25, 0.3) is 0 Å². The van der Waals surface area contributed by atoms with Crippen molar-refractivity contribution in [1.29, 1.82) is 0 Å². The number of carbonyl (C=O) groups is 1. The summed E-state index contributed by atoms with van der Waals surface area (Å²) in [6.07, 6.45) is -15.5. The molecule has 0 aromatic heterocycles. The molecular weight excluding hydrogens is 437 g/mol. The second-order valence-electron chi connectivity index (χ2n) is 6.84. The molecule has 0 saturated carbocycles. The van der Waals surface area contributed by atoms with Gasteiger partial charge in [-0.2, -0.15) is 0 Å². The first kappa shape index (κ1) is 25.5. The fourth-order valence-corrected chi connectivity index (χ4v) is 3.80. The van der Waals surface area contributed by atoms with Crippen LogP contribution in [0.4, 0.5) is 0 Å². The SMILES string of the molecule is CC(=O)N[C@H]1[C@H](OP(=O)(O)OC[C@H]2O[C@@H](O)[C@@H](O)[C@@H](O)[C@@H]2O)O[C@H](CO)[C@@H](O)[C@@H]1O. The highest BCUT2D eigenvalue weighted by Gasteiger charge is 2.49. The molecule has 0 radical (unpaired) electrons. The van der Waals surface area contributed by atoms with E-state index in [1.165, 1.54) is 0 Å². The van der Waals surface area contributed by atoms with Crippen LogP contribution in [0.1, 0.15) is 6.92 Å². The Bertz CT molecular complexity index is 638. The molecule has 2 aliphatic rings. The fraction of sp³-hybridized carbons (Fsp3) is 0.929. The lowest BCUT2D eigenvalue weighted by Gasteiger charge is -2.42. The van der Waals surface area contributed by atoms with Crippen LogP contribution >= 0.6 is 7.82 Å². The Labute approximate surface area is 170 Å². The summed E-state index contributed by atoms with van der Waals surface area (Å²) in [6, 6.07) is -1.51. The molecule has 0 aromatic carbocycles. The Balaban J connectivity index is 2.05. The number of aliphatic hydroxyl groups is 7. The van der Waals surface area contributed by atoms with Crippen LogP contribution in [0.5, 0.6) is 0 Å². The number of carbonyl (C=O) groups excluding carboxylic acids is 1. The molecule has 2 saturated heterocycles. The van der Waals surface area contributed by atoms with Gasteiger partial charge in [0.25, 0.3) is 0 Å². The van der Waals surface area contributed by atoms with Crippen molar-refractivity contribution >= 4 is 13.7 Å². The highest BCUT2D eigenvalue weighted by atomic mass is 31.2. The number of ether oxygens (including phenoxy) is 2. The molecule has 15 nitrogen and oxygen atoms in total. The first-order valence-corrected chi connectivity index (χ1v) is 10.3. The Morgan fingerprint density at radius 1 is 0.967 bits per heavy atom. The van der Waals surface area contributed by atoms with E-state index in [0.717, 1.165) is 6.92 Å². The lowest BCUT2D eigenvalue weighted by atomic mass is 9.97. The lowest BCUT2D eigenvalue weighted by molar-refractivity contribution is -0.286. The number of aliphatic hydroxyl groups excluding tert-OH is 7. The number of rotatable bonds is 7. The van der Waals surface area contributed by atoms with Crippen molar-refractivity contribution in [3.63, 3.8) is 0 Å². The first-order valence-electron chi connectivity index (χ1n) is 8.81. The number of hydrogen-bond donors (Lipinski definition) is 9. The Morgan fingerprint density at radius 2 is 1.57 bits per heavy atom. The quantitative estimate of drug-likeness (QED) is 0.160. The van der Waals surface area contributed by atoms with Gasteiger partial charge in [0.05, 0.1) is 13.2 Å². The van der Waals surface area contributed by atoms with Gasteiger partial charge >= 0.3 is 7.82 Å². The summed E-state index contributed by atoms with van der Waals surface area (Å²) in [5.74, 6) is -0.695. The third kappa shape index (κ3) is 5.92. The van der Waals surface area contributed by atoms with Crippen LogP contribution in [-0.2, 0) is 27.9 Å². The van der Waals surface area contributed by atoms with Crippen LogP contribution < -0.4 is 5.32 Å². The Hall–Kier alpha value is -0.780. The van der Waals surface area contributed by atoms with Crippen LogP contribution in [0.15, 0.2) is 0 Å². The fourth-order valence-electron chi connectivity index (χ4n) is 2.96. The van der Waals surface area contributed by atoms with Crippen molar-refractivity contribution in [2.75, 3.05) is 13.2 Å². The van der Waals surface area contributed by atoms with Crippen LogP contribution in [-0.4, -0.2) is 121 Å². The molecule has 11 atom stereocenters. The van der Waals surface area contributed by atoms with E-state index in [-0.39, 0.29) is 0 Å². The van der Waals surface area contributed by atoms with Gasteiger partial charge in [-0.25, -0.2) is 4.57 Å². The highest BCUT2D eigenvalue weighted by molar-refractivity contribution is 7.47. The van der Waals surface area contributed by atoms with E-state index in [2.05, 4.69) is 9.84 Å². The van der Waals surface area contributed by atoms with Gasteiger partial charge in [-0.3, -0.25) is 13.8 Å². The first-order chi connectivity index (χ1) is 13.9. The van der Waals surface area contributed by atoms with Gasteiger partial charge in [-0.1, -0.05) is 0 Å². The monoisotopic (exact) mass is 463 g/mol. The van der Waals surface area contributed by atoms with Crippen molar-refractivity contribution in [2.45, 2.75) is 68.3 Å². The molecule has 30 heavy (non-hydrogen) atoms. The zero-order valence-electron chi connectivity index (χ0n) is 15.7. The predicted molar refractivity (Wildman–Crippen MR) is 91.1 cm³/mol. The standard InChI is InChI=1S/C14H26NO14P/c1-4(17)15-7-10(20)8(18)5(2-16)28-14(7)29-30(24,25)26-3-6-9(19)11(21)12(22)13(23)27-6/h5-14,16,18-23H,2-3H2,1H3,(H,15,17)(H,24,25)/t5-,6-,7-,8-,9-,10-,11+,12+,13-,14+/m1/s1. The minimum Gasteiger partial charge on any atom is -0.394 e. The molecule has 0 aliphatic carbocycles. The third-order valence-corrected chi connectivity index (χ3v) is 5.53. The van der Waals surface area contributed by atoms with Gasteiger partial charge in [-0.05, 0) is 0 Å². The second-order valence-corrected chi connectivity index (χ2v) is 8.25. The van der Waals surface area contributed by atoms with Crippen LogP contribution in [0.3, 0.4) is 0 Å². The molecule has 176 valence electrons. The molecule has 1 unspecified atom stereocenters. The average molecular weight is 463 g/mol. The summed E-state index contributed by atoms with van der Waals surface area (Å²) >= 11 is 0. The molecule has 16 heteroatoms. The summed E-state index contributed by atoms with van der Waals surface area (Å²) < 4.78 is 31.7. The molecule has 2 heterocycles. The minimum atomic E-state index is -5.04. The molecule has 1 amide bonds. The van der Waals surface area contributed by atoms with Gasteiger partial charge in [0.15, 0.2) is 12.6 Å². The summed E-state index contributed by atoms with van der Waals surface area (Å²) in [6.45, 7) is -0.611. The molecule has 0 bridgehead atoms. The topological polar surface area (TPSA) is 245 Å². The van der Waals surface area contributed by atoms with Gasteiger partial charge in [0, 0.05) is 6.92 Å². The maximum absolute atomic E-state index is 12.3. The molecule has 9 N–H and O–H groups in total. The van der Waals surface area contributed by atoms with Crippen molar-refractivity contribution in [3.05, 3.63) is 0 Å². The smallest absolute Gasteiger partial charge is 0.394 e. The van der Waals surface area contributed by atoms with Crippen molar-refractivity contribution in [2.24, 2.45) is 0 Å². The van der Waals surface area contributed by atoms with E-state index in [0.29, 0.717) is 0 Å². The molecule has 2 rings (SSSR count). The Morgan fingerprint density at radius 3 is 2.13 bits per heavy atom. The number of hydrogen-bond acceptors (Lipinski definition) is 13. The van der Waals surface area contributed by atoms with Crippen molar-refractivity contribution < 1.29 is 68.5 Å². The third-order valence-electron chi connectivity index (χ3n) is 4.58. The average Bonchev–Trinajstić information content (AvgIpc) is 2.67. The molecular formula is C14H26NO14P. The number of phosphoric acid groups is 1. The summed E-state index contributed by atoms with van der Waals surface area (Å²) in [7, 11) is -5.04. The van der Waals surface area contributed by atoms with Gasteiger partial charge in [0.1, 0.15) is 48.8 Å². The summed E-state index contributed by atoms with van der Waals surface area (Å²) in [4.78, 5) is 21.3.